The van der Waals surface area contributed by atoms with Gasteiger partial charge in [0.15, 0.2) is 0 Å². The minimum atomic E-state index is -3.38. The van der Waals surface area contributed by atoms with Crippen LogP contribution < -0.4 is 10.5 Å². The zero-order valence-corrected chi connectivity index (χ0v) is 13.2. The zero-order chi connectivity index (χ0) is 14.9. The van der Waals surface area contributed by atoms with E-state index in [2.05, 4.69) is 4.72 Å². The van der Waals surface area contributed by atoms with E-state index in [4.69, 9.17) is 5.73 Å². The van der Waals surface area contributed by atoms with Crippen LogP contribution in [0.25, 0.3) is 0 Å². The summed E-state index contributed by atoms with van der Waals surface area (Å²) in [6.45, 7) is 0.534. The number of sulfonamides is 1. The number of nitrogens with one attached hydrogen (secondary N) is 1. The minimum Gasteiger partial charge on any atom is -0.328 e. The van der Waals surface area contributed by atoms with E-state index in [1.165, 1.54) is 11.1 Å². The standard InChI is InChI=1S/C16H24N2O2S/c17-15-7-4-12(5-8-15)11-18-21(19,20)16-9-6-13-2-1-3-14(13)10-16/h6,9-10,12,15,18H,1-5,7-8,11,17H2. The van der Waals surface area contributed by atoms with Crippen LogP contribution in [0.2, 0.25) is 0 Å². The molecule has 0 amide bonds. The molecule has 2 aliphatic rings. The molecule has 3 rings (SSSR count). The number of aryl methyl sites for hydroxylation is 2. The van der Waals surface area contributed by atoms with Gasteiger partial charge in [0.1, 0.15) is 0 Å². The quantitative estimate of drug-likeness (QED) is 0.893. The van der Waals surface area contributed by atoms with Crippen molar-refractivity contribution in [3.63, 3.8) is 0 Å². The van der Waals surface area contributed by atoms with Crippen LogP contribution in [-0.4, -0.2) is 21.0 Å². The molecule has 2 aliphatic carbocycles. The summed E-state index contributed by atoms with van der Waals surface area (Å²) >= 11 is 0. The van der Waals surface area contributed by atoms with Crippen LogP contribution in [0.4, 0.5) is 0 Å². The molecule has 3 N–H and O–H groups in total. The predicted molar refractivity (Wildman–Crippen MR) is 83.6 cm³/mol. The smallest absolute Gasteiger partial charge is 0.240 e. The summed E-state index contributed by atoms with van der Waals surface area (Å²) in [6, 6.07) is 5.86. The number of nitrogens with two attached hydrogens (primary N) is 1. The van der Waals surface area contributed by atoms with E-state index in [0.29, 0.717) is 23.4 Å². The first-order valence-electron chi connectivity index (χ1n) is 7.91. The van der Waals surface area contributed by atoms with Gasteiger partial charge in [-0.25, -0.2) is 13.1 Å². The lowest BCUT2D eigenvalue weighted by atomic mass is 9.87. The predicted octanol–water partition coefficient (Wildman–Crippen LogP) is 1.97. The van der Waals surface area contributed by atoms with Gasteiger partial charge in [-0.3, -0.25) is 0 Å². The topological polar surface area (TPSA) is 72.2 Å². The molecule has 4 nitrogen and oxygen atoms in total. The Hall–Kier alpha value is -0.910. The number of rotatable bonds is 4. The van der Waals surface area contributed by atoms with E-state index < -0.39 is 10.0 Å². The second-order valence-electron chi connectivity index (χ2n) is 6.42. The second kappa shape index (κ2) is 6.07. The third kappa shape index (κ3) is 3.47. The number of fused-ring (bicyclic) bond motifs is 1. The lowest BCUT2D eigenvalue weighted by molar-refractivity contribution is 0.326. The van der Waals surface area contributed by atoms with E-state index in [1.54, 1.807) is 6.07 Å². The van der Waals surface area contributed by atoms with Gasteiger partial charge in [0.05, 0.1) is 4.90 Å². The van der Waals surface area contributed by atoms with Crippen LogP contribution in [-0.2, 0) is 22.9 Å². The number of hydrogen-bond donors (Lipinski definition) is 2. The molecular formula is C16H24N2O2S. The lowest BCUT2D eigenvalue weighted by Crippen LogP contribution is -2.34. The van der Waals surface area contributed by atoms with E-state index in [9.17, 15) is 8.42 Å². The van der Waals surface area contributed by atoms with Crippen molar-refractivity contribution in [2.75, 3.05) is 6.54 Å². The van der Waals surface area contributed by atoms with Crippen molar-refractivity contribution in [1.29, 1.82) is 0 Å². The normalized spacial score (nSPS) is 25.8. The first-order valence-corrected chi connectivity index (χ1v) is 9.40. The molecule has 0 heterocycles. The Kier molecular flexibility index (Phi) is 4.33. The summed E-state index contributed by atoms with van der Waals surface area (Å²) in [7, 11) is -3.38. The minimum absolute atomic E-state index is 0.301. The molecule has 0 saturated heterocycles. The Morgan fingerprint density at radius 3 is 2.57 bits per heavy atom. The molecule has 0 atom stereocenters. The highest BCUT2D eigenvalue weighted by molar-refractivity contribution is 7.89. The van der Waals surface area contributed by atoms with Crippen LogP contribution in [0, 0.1) is 5.92 Å². The molecule has 1 aromatic carbocycles. The van der Waals surface area contributed by atoms with Crippen LogP contribution in [0.3, 0.4) is 0 Å². The highest BCUT2D eigenvalue weighted by atomic mass is 32.2. The summed E-state index contributed by atoms with van der Waals surface area (Å²) in [5.41, 5.74) is 8.38. The first-order chi connectivity index (χ1) is 10.0. The highest BCUT2D eigenvalue weighted by Crippen LogP contribution is 2.26. The maximum atomic E-state index is 12.4. The van der Waals surface area contributed by atoms with Crippen LogP contribution in [0.5, 0.6) is 0 Å². The molecule has 0 bridgehead atoms. The monoisotopic (exact) mass is 308 g/mol. The van der Waals surface area contributed by atoms with Gasteiger partial charge in [-0.2, -0.15) is 0 Å². The Labute approximate surface area is 127 Å². The molecule has 1 saturated carbocycles. The average molecular weight is 308 g/mol. The van der Waals surface area contributed by atoms with Crippen molar-refractivity contribution in [3.8, 4) is 0 Å². The van der Waals surface area contributed by atoms with Crippen molar-refractivity contribution in [2.24, 2.45) is 11.7 Å². The largest absolute Gasteiger partial charge is 0.328 e. The van der Waals surface area contributed by atoms with Crippen molar-refractivity contribution in [2.45, 2.75) is 55.9 Å². The van der Waals surface area contributed by atoms with Gasteiger partial charge in [-0.1, -0.05) is 6.07 Å². The maximum Gasteiger partial charge on any atom is 0.240 e. The van der Waals surface area contributed by atoms with E-state index >= 15 is 0 Å². The van der Waals surface area contributed by atoms with Crippen molar-refractivity contribution in [3.05, 3.63) is 29.3 Å². The van der Waals surface area contributed by atoms with Gasteiger partial charge >= 0.3 is 0 Å². The average Bonchev–Trinajstić information content (AvgIpc) is 2.94. The van der Waals surface area contributed by atoms with Gasteiger partial charge in [-0.05, 0) is 74.1 Å². The maximum absolute atomic E-state index is 12.4. The third-order valence-corrected chi connectivity index (χ3v) is 6.25. The van der Waals surface area contributed by atoms with Crippen molar-refractivity contribution < 1.29 is 8.42 Å². The van der Waals surface area contributed by atoms with Gasteiger partial charge in [0.2, 0.25) is 10.0 Å². The summed E-state index contributed by atoms with van der Waals surface area (Å²) in [6.07, 6.45) is 7.26. The van der Waals surface area contributed by atoms with Crippen LogP contribution in [0.15, 0.2) is 23.1 Å². The summed E-state index contributed by atoms with van der Waals surface area (Å²) < 4.78 is 27.6. The second-order valence-corrected chi connectivity index (χ2v) is 8.18. The first kappa shape index (κ1) is 15.0. The van der Waals surface area contributed by atoms with Gasteiger partial charge < -0.3 is 5.73 Å². The molecule has 0 aromatic heterocycles. The van der Waals surface area contributed by atoms with E-state index in [1.807, 2.05) is 12.1 Å². The summed E-state index contributed by atoms with van der Waals surface area (Å²) in [4.78, 5) is 0.413. The van der Waals surface area contributed by atoms with Crippen molar-refractivity contribution >= 4 is 10.0 Å². The lowest BCUT2D eigenvalue weighted by Gasteiger charge is -2.26. The highest BCUT2D eigenvalue weighted by Gasteiger charge is 2.22. The number of benzene rings is 1. The summed E-state index contributed by atoms with van der Waals surface area (Å²) in [5, 5.41) is 0. The molecule has 116 valence electrons. The van der Waals surface area contributed by atoms with E-state index in [-0.39, 0.29) is 0 Å². The third-order valence-electron chi connectivity index (χ3n) is 4.83. The van der Waals surface area contributed by atoms with Crippen molar-refractivity contribution in [1.82, 2.24) is 4.72 Å². The number of hydrogen-bond acceptors (Lipinski definition) is 3. The molecule has 0 aliphatic heterocycles. The van der Waals surface area contributed by atoms with Gasteiger partial charge in [0, 0.05) is 12.6 Å². The molecular weight excluding hydrogens is 284 g/mol. The van der Waals surface area contributed by atoms with Gasteiger partial charge in [0.25, 0.3) is 0 Å². The molecule has 1 fully saturated rings. The van der Waals surface area contributed by atoms with Crippen LogP contribution in [0.1, 0.15) is 43.2 Å². The Balaban J connectivity index is 1.64. The summed E-state index contributed by atoms with van der Waals surface area (Å²) in [5.74, 6) is 0.425. The molecule has 0 spiro atoms. The molecule has 0 radical (unpaired) electrons. The fraction of sp³-hybridized carbons (Fsp3) is 0.625. The van der Waals surface area contributed by atoms with Crippen LogP contribution >= 0.6 is 0 Å². The SMILES string of the molecule is NC1CCC(CNS(=O)(=O)c2ccc3c(c2)CCC3)CC1. The Morgan fingerprint density at radius 2 is 1.81 bits per heavy atom. The van der Waals surface area contributed by atoms with Gasteiger partial charge in [-0.15, -0.1) is 0 Å². The molecule has 21 heavy (non-hydrogen) atoms. The fourth-order valence-electron chi connectivity index (χ4n) is 3.42. The Bertz CT molecular complexity index is 605. The zero-order valence-electron chi connectivity index (χ0n) is 12.3. The molecule has 5 heteroatoms. The molecule has 0 unspecified atom stereocenters. The molecule has 1 aromatic rings. The fourth-order valence-corrected chi connectivity index (χ4v) is 4.58. The van der Waals surface area contributed by atoms with E-state index in [0.717, 1.165) is 44.9 Å². The Morgan fingerprint density at radius 1 is 1.10 bits per heavy atom.